The van der Waals surface area contributed by atoms with Gasteiger partial charge < -0.3 is 20.4 Å². The monoisotopic (exact) mass is 328 g/mol. The average molecular weight is 328 g/mol. The summed E-state index contributed by atoms with van der Waals surface area (Å²) >= 11 is 0. The Morgan fingerprint density at radius 2 is 0.917 bits per heavy atom. The van der Waals surface area contributed by atoms with E-state index in [4.69, 9.17) is 20.4 Å². The third kappa shape index (κ3) is 8.04. The predicted octanol–water partition coefficient (Wildman–Crippen LogP) is 2.98. The summed E-state index contributed by atoms with van der Waals surface area (Å²) in [5.41, 5.74) is 1.49. The van der Waals surface area contributed by atoms with Crippen molar-refractivity contribution in [2.45, 2.75) is 0 Å². The highest BCUT2D eigenvalue weighted by Gasteiger charge is 1.90. The van der Waals surface area contributed by atoms with E-state index in [1.807, 2.05) is 0 Å². The van der Waals surface area contributed by atoms with Crippen LogP contribution in [0.2, 0.25) is 0 Å². The van der Waals surface area contributed by atoms with Crippen LogP contribution >= 0.6 is 0 Å². The van der Waals surface area contributed by atoms with Gasteiger partial charge in [0.1, 0.15) is 11.5 Å². The summed E-state index contributed by atoms with van der Waals surface area (Å²) in [5, 5.41) is 34.4. The van der Waals surface area contributed by atoms with Crippen molar-refractivity contribution in [1.29, 1.82) is 0 Å². The quantitative estimate of drug-likeness (QED) is 0.641. The number of rotatable bonds is 4. The van der Waals surface area contributed by atoms with E-state index >= 15 is 0 Å². The van der Waals surface area contributed by atoms with Gasteiger partial charge in [0.2, 0.25) is 0 Å². The zero-order valence-electron chi connectivity index (χ0n) is 12.5. The minimum Gasteiger partial charge on any atom is -0.508 e. The van der Waals surface area contributed by atoms with Crippen molar-refractivity contribution in [2.75, 3.05) is 0 Å². The first-order valence-corrected chi connectivity index (χ1v) is 6.77. The fraction of sp³-hybridized carbons (Fsp3) is 0. The van der Waals surface area contributed by atoms with Crippen molar-refractivity contribution in [3.05, 3.63) is 71.8 Å². The molecule has 0 bridgehead atoms. The Morgan fingerprint density at radius 3 is 1.17 bits per heavy atom. The van der Waals surface area contributed by atoms with Crippen LogP contribution < -0.4 is 0 Å². The van der Waals surface area contributed by atoms with Gasteiger partial charge in [-0.2, -0.15) is 0 Å². The molecule has 0 saturated carbocycles. The highest BCUT2D eigenvalue weighted by molar-refractivity contribution is 5.85. The topological polar surface area (TPSA) is 115 Å². The SMILES string of the molecule is O=C(O)/C=C/c1ccc(O)cc1.O=C(O)/C=C/c1ccc(O)cc1. The maximum Gasteiger partial charge on any atom is 0.328 e. The molecule has 0 heterocycles. The maximum atomic E-state index is 10.1. The van der Waals surface area contributed by atoms with Gasteiger partial charge in [-0.15, -0.1) is 0 Å². The molecule has 0 aliphatic rings. The molecule has 0 aliphatic carbocycles. The molecule has 4 N–H and O–H groups in total. The van der Waals surface area contributed by atoms with Gasteiger partial charge in [-0.25, -0.2) is 9.59 Å². The van der Waals surface area contributed by atoms with Crippen molar-refractivity contribution < 1.29 is 30.0 Å². The first-order valence-electron chi connectivity index (χ1n) is 6.77. The van der Waals surface area contributed by atoms with Crippen LogP contribution in [0, 0.1) is 0 Å². The molecule has 0 fully saturated rings. The van der Waals surface area contributed by atoms with Crippen molar-refractivity contribution >= 4 is 24.1 Å². The minimum absolute atomic E-state index is 0.169. The number of carboxylic acid groups (broad SMARTS) is 2. The Kier molecular flexibility index (Phi) is 7.30. The number of phenolic OH excluding ortho intramolecular Hbond substituents is 2. The zero-order chi connectivity index (χ0) is 17.9. The van der Waals surface area contributed by atoms with E-state index in [0.29, 0.717) is 0 Å². The number of hydrogen-bond acceptors (Lipinski definition) is 4. The molecule has 0 unspecified atom stereocenters. The van der Waals surface area contributed by atoms with Crippen LogP contribution in [-0.4, -0.2) is 32.4 Å². The highest BCUT2D eigenvalue weighted by atomic mass is 16.4. The van der Waals surface area contributed by atoms with Gasteiger partial charge in [0.15, 0.2) is 0 Å². The molecule has 0 atom stereocenters. The smallest absolute Gasteiger partial charge is 0.328 e. The molecule has 2 rings (SSSR count). The molecule has 0 amide bonds. The third-order valence-corrected chi connectivity index (χ3v) is 2.62. The zero-order valence-corrected chi connectivity index (χ0v) is 12.5. The Hall–Kier alpha value is -3.54. The van der Waals surface area contributed by atoms with Crippen LogP contribution in [0.15, 0.2) is 60.7 Å². The Morgan fingerprint density at radius 1 is 0.625 bits per heavy atom. The standard InChI is InChI=1S/2C9H8O3/c2*10-8-4-1-7(2-5-8)3-6-9(11)12/h2*1-6,10H,(H,11,12)/b2*6-3+. The fourth-order valence-corrected chi connectivity index (χ4v) is 1.51. The summed E-state index contributed by atoms with van der Waals surface area (Å²) in [4.78, 5) is 20.2. The van der Waals surface area contributed by atoms with E-state index in [-0.39, 0.29) is 11.5 Å². The molecule has 0 aliphatic heterocycles. The van der Waals surface area contributed by atoms with Crippen LogP contribution in [-0.2, 0) is 9.59 Å². The summed E-state index contributed by atoms with van der Waals surface area (Å²) in [5.74, 6) is -1.63. The van der Waals surface area contributed by atoms with E-state index in [9.17, 15) is 9.59 Å². The molecular weight excluding hydrogens is 312 g/mol. The van der Waals surface area contributed by atoms with Gasteiger partial charge in [-0.1, -0.05) is 24.3 Å². The van der Waals surface area contributed by atoms with Crippen LogP contribution in [0.25, 0.3) is 12.2 Å². The highest BCUT2D eigenvalue weighted by Crippen LogP contribution is 2.11. The fourth-order valence-electron chi connectivity index (χ4n) is 1.51. The molecule has 0 spiro atoms. The lowest BCUT2D eigenvalue weighted by Crippen LogP contribution is -1.85. The van der Waals surface area contributed by atoms with Crippen LogP contribution in [0.1, 0.15) is 11.1 Å². The first-order chi connectivity index (χ1) is 11.4. The van der Waals surface area contributed by atoms with E-state index in [2.05, 4.69) is 0 Å². The second-order valence-corrected chi connectivity index (χ2v) is 4.53. The molecule has 0 radical (unpaired) electrons. The van der Waals surface area contributed by atoms with Crippen molar-refractivity contribution in [1.82, 2.24) is 0 Å². The van der Waals surface area contributed by atoms with Gasteiger partial charge in [-0.05, 0) is 47.5 Å². The van der Waals surface area contributed by atoms with E-state index in [1.54, 1.807) is 24.3 Å². The number of carboxylic acids is 2. The summed E-state index contributed by atoms with van der Waals surface area (Å²) in [6.07, 6.45) is 5.02. The maximum absolute atomic E-state index is 10.1. The number of phenols is 2. The Labute approximate surface area is 138 Å². The number of carbonyl (C=O) groups is 2. The lowest BCUT2D eigenvalue weighted by Gasteiger charge is -1.92. The number of hydrogen-bond donors (Lipinski definition) is 4. The number of aliphatic carboxylic acids is 2. The summed E-state index contributed by atoms with van der Waals surface area (Å²) in [7, 11) is 0. The number of aromatic hydroxyl groups is 2. The lowest BCUT2D eigenvalue weighted by atomic mass is 10.2. The van der Waals surface area contributed by atoms with Gasteiger partial charge in [0, 0.05) is 12.2 Å². The molecule has 2 aromatic rings. The van der Waals surface area contributed by atoms with Crippen LogP contribution in [0.5, 0.6) is 11.5 Å². The third-order valence-electron chi connectivity index (χ3n) is 2.62. The number of benzene rings is 2. The molecule has 2 aromatic carbocycles. The minimum atomic E-state index is -0.983. The molecule has 0 saturated heterocycles. The van der Waals surface area contributed by atoms with Gasteiger partial charge in [0.25, 0.3) is 0 Å². The summed E-state index contributed by atoms with van der Waals surface area (Å²) in [6.45, 7) is 0. The van der Waals surface area contributed by atoms with Gasteiger partial charge in [-0.3, -0.25) is 0 Å². The molecule has 6 nitrogen and oxygen atoms in total. The predicted molar refractivity (Wildman–Crippen MR) is 89.6 cm³/mol. The van der Waals surface area contributed by atoms with Crippen molar-refractivity contribution in [3.8, 4) is 11.5 Å². The van der Waals surface area contributed by atoms with Crippen LogP contribution in [0.3, 0.4) is 0 Å². The second-order valence-electron chi connectivity index (χ2n) is 4.53. The normalized spacial score (nSPS) is 10.3. The lowest BCUT2D eigenvalue weighted by molar-refractivity contribution is -0.132. The van der Waals surface area contributed by atoms with Crippen molar-refractivity contribution in [2.24, 2.45) is 0 Å². The molecule has 24 heavy (non-hydrogen) atoms. The van der Waals surface area contributed by atoms with E-state index in [1.165, 1.54) is 36.4 Å². The summed E-state index contributed by atoms with van der Waals surface area (Å²) in [6, 6.07) is 12.5. The molecule has 124 valence electrons. The largest absolute Gasteiger partial charge is 0.508 e. The molecular formula is C18H16O6. The first kappa shape index (κ1) is 18.5. The molecule has 0 aromatic heterocycles. The average Bonchev–Trinajstić information content (AvgIpc) is 2.54. The van der Waals surface area contributed by atoms with Crippen LogP contribution in [0.4, 0.5) is 0 Å². The molecule has 6 heteroatoms. The van der Waals surface area contributed by atoms with E-state index < -0.39 is 11.9 Å². The Balaban J connectivity index is 0.000000240. The summed E-state index contributed by atoms with van der Waals surface area (Å²) < 4.78 is 0. The second kappa shape index (κ2) is 9.47. The van der Waals surface area contributed by atoms with Gasteiger partial charge in [0.05, 0.1) is 0 Å². The van der Waals surface area contributed by atoms with Gasteiger partial charge >= 0.3 is 11.9 Å². The van der Waals surface area contributed by atoms with E-state index in [0.717, 1.165) is 23.3 Å². The van der Waals surface area contributed by atoms with Crippen molar-refractivity contribution in [3.63, 3.8) is 0 Å². The Bertz CT molecular complexity index is 662.